The van der Waals surface area contributed by atoms with Crippen LogP contribution in [0.2, 0.25) is 5.02 Å². The Morgan fingerprint density at radius 2 is 1.92 bits per heavy atom. The Morgan fingerprint density at radius 3 is 2.69 bits per heavy atom. The lowest BCUT2D eigenvalue weighted by molar-refractivity contribution is 0.100. The Hall–Kier alpha value is -3.25. The zero-order valence-electron chi connectivity index (χ0n) is 13.3. The van der Waals surface area contributed by atoms with E-state index in [2.05, 4.69) is 15.3 Å². The predicted octanol–water partition coefficient (Wildman–Crippen LogP) is 4.42. The molecular weight excluding hydrogens is 355 g/mol. The lowest BCUT2D eigenvalue weighted by Gasteiger charge is -2.12. The van der Waals surface area contributed by atoms with Crippen LogP contribution in [0.25, 0.3) is 21.7 Å². The Labute approximate surface area is 152 Å². The van der Waals surface area contributed by atoms with Gasteiger partial charge in [-0.3, -0.25) is 9.78 Å². The van der Waals surface area contributed by atoms with E-state index in [1.165, 1.54) is 12.1 Å². The van der Waals surface area contributed by atoms with Crippen LogP contribution in [0.5, 0.6) is 0 Å². The van der Waals surface area contributed by atoms with Gasteiger partial charge < -0.3 is 11.1 Å². The third-order valence-electron chi connectivity index (χ3n) is 4.06. The minimum Gasteiger partial charge on any atom is -0.366 e. The molecule has 0 aliphatic heterocycles. The highest BCUT2D eigenvalue weighted by molar-refractivity contribution is 6.31. The first-order valence-electron chi connectivity index (χ1n) is 7.72. The zero-order valence-corrected chi connectivity index (χ0v) is 14.1. The first kappa shape index (κ1) is 16.2. The summed E-state index contributed by atoms with van der Waals surface area (Å²) >= 11 is 5.85. The van der Waals surface area contributed by atoms with Gasteiger partial charge in [-0.2, -0.15) is 0 Å². The molecule has 2 heterocycles. The largest absolute Gasteiger partial charge is 0.366 e. The molecule has 2 aromatic carbocycles. The minimum absolute atomic E-state index is 0.0118. The fourth-order valence-electron chi connectivity index (χ4n) is 2.81. The second-order valence-corrected chi connectivity index (χ2v) is 6.14. The molecule has 0 spiro atoms. The molecule has 5 nitrogen and oxygen atoms in total. The quantitative estimate of drug-likeness (QED) is 0.526. The summed E-state index contributed by atoms with van der Waals surface area (Å²) in [6.07, 6.45) is 3.39. The van der Waals surface area contributed by atoms with Crippen molar-refractivity contribution in [2.24, 2.45) is 5.73 Å². The van der Waals surface area contributed by atoms with E-state index in [1.807, 2.05) is 6.07 Å². The number of amides is 1. The molecule has 0 aliphatic rings. The molecule has 0 atom stereocenters. The molecule has 0 saturated heterocycles. The SMILES string of the molecule is NC(=O)c1ccc2c(c1)nc(Nc1ccc(F)c(Cl)c1)c1ccncc12. The predicted molar refractivity (Wildman–Crippen MR) is 100 cm³/mol. The third-order valence-corrected chi connectivity index (χ3v) is 4.35. The van der Waals surface area contributed by atoms with Gasteiger partial charge in [-0.1, -0.05) is 17.7 Å². The summed E-state index contributed by atoms with van der Waals surface area (Å²) < 4.78 is 13.4. The smallest absolute Gasteiger partial charge is 0.248 e. The average Bonchev–Trinajstić information content (AvgIpc) is 2.64. The van der Waals surface area contributed by atoms with Crippen molar-refractivity contribution in [3.8, 4) is 0 Å². The molecule has 26 heavy (non-hydrogen) atoms. The highest BCUT2D eigenvalue weighted by atomic mass is 35.5. The van der Waals surface area contributed by atoms with Gasteiger partial charge in [0, 0.05) is 39.8 Å². The van der Waals surface area contributed by atoms with Gasteiger partial charge >= 0.3 is 0 Å². The summed E-state index contributed by atoms with van der Waals surface area (Å²) in [4.78, 5) is 20.3. The van der Waals surface area contributed by atoms with Gasteiger partial charge in [-0.15, -0.1) is 0 Å². The molecule has 0 saturated carbocycles. The number of rotatable bonds is 3. The number of pyridine rings is 2. The van der Waals surface area contributed by atoms with Crippen LogP contribution in [0.15, 0.2) is 54.9 Å². The molecule has 4 aromatic rings. The fraction of sp³-hybridized carbons (Fsp3) is 0. The summed E-state index contributed by atoms with van der Waals surface area (Å²) in [5, 5.41) is 5.71. The minimum atomic E-state index is -0.528. The molecule has 0 radical (unpaired) electrons. The number of fused-ring (bicyclic) bond motifs is 3. The normalized spacial score (nSPS) is 11.0. The maximum Gasteiger partial charge on any atom is 0.248 e. The van der Waals surface area contributed by atoms with E-state index >= 15 is 0 Å². The Morgan fingerprint density at radius 1 is 1.08 bits per heavy atom. The number of halogens is 2. The van der Waals surface area contributed by atoms with E-state index in [-0.39, 0.29) is 5.02 Å². The number of hydrogen-bond acceptors (Lipinski definition) is 4. The monoisotopic (exact) mass is 366 g/mol. The maximum absolute atomic E-state index is 13.4. The topological polar surface area (TPSA) is 80.9 Å². The van der Waals surface area contributed by atoms with Crippen LogP contribution in [0.1, 0.15) is 10.4 Å². The Bertz CT molecular complexity index is 1180. The zero-order chi connectivity index (χ0) is 18.3. The molecule has 0 aliphatic carbocycles. The van der Waals surface area contributed by atoms with Crippen LogP contribution >= 0.6 is 11.6 Å². The second-order valence-electron chi connectivity index (χ2n) is 5.73. The molecule has 0 fully saturated rings. The van der Waals surface area contributed by atoms with Crippen molar-refractivity contribution in [3.63, 3.8) is 0 Å². The molecule has 4 rings (SSSR count). The van der Waals surface area contributed by atoms with Gasteiger partial charge in [0.1, 0.15) is 11.6 Å². The van der Waals surface area contributed by atoms with Crippen LogP contribution in [0.4, 0.5) is 15.9 Å². The van der Waals surface area contributed by atoms with Gasteiger partial charge in [0.05, 0.1) is 10.5 Å². The van der Waals surface area contributed by atoms with E-state index in [9.17, 15) is 9.18 Å². The second kappa shape index (κ2) is 6.24. The molecule has 7 heteroatoms. The lowest BCUT2D eigenvalue weighted by Crippen LogP contribution is -2.10. The molecule has 1 amide bonds. The van der Waals surface area contributed by atoms with E-state index in [0.717, 1.165) is 16.2 Å². The number of nitrogens with two attached hydrogens (primary N) is 1. The first-order valence-corrected chi connectivity index (χ1v) is 8.10. The van der Waals surface area contributed by atoms with Gasteiger partial charge in [-0.25, -0.2) is 9.37 Å². The summed E-state index contributed by atoms with van der Waals surface area (Å²) in [5.41, 5.74) is 6.91. The van der Waals surface area contributed by atoms with Gasteiger partial charge in [0.15, 0.2) is 0 Å². The van der Waals surface area contributed by atoms with Crippen LogP contribution < -0.4 is 11.1 Å². The maximum atomic E-state index is 13.4. The van der Waals surface area contributed by atoms with E-state index in [1.54, 1.807) is 36.7 Å². The number of carbonyl (C=O) groups is 1. The molecule has 0 bridgehead atoms. The molecule has 3 N–H and O–H groups in total. The summed E-state index contributed by atoms with van der Waals surface area (Å²) in [7, 11) is 0. The Kier molecular flexibility index (Phi) is 3.89. The van der Waals surface area contributed by atoms with Crippen molar-refractivity contribution in [2.45, 2.75) is 0 Å². The molecule has 128 valence electrons. The molecule has 2 aromatic heterocycles. The number of anilines is 2. The number of hydrogen-bond donors (Lipinski definition) is 2. The standard InChI is InChI=1S/C19H12ClFN4O/c20-15-8-11(2-4-16(15)21)24-19-13-5-6-23-9-14(13)12-3-1-10(18(22)26)7-17(12)25-19/h1-9H,(H2,22,26)(H,24,25). The third kappa shape index (κ3) is 2.80. The average molecular weight is 367 g/mol. The highest BCUT2D eigenvalue weighted by Crippen LogP contribution is 2.31. The van der Waals surface area contributed by atoms with Crippen LogP contribution in [-0.4, -0.2) is 15.9 Å². The van der Waals surface area contributed by atoms with Crippen LogP contribution in [0, 0.1) is 5.82 Å². The van der Waals surface area contributed by atoms with Crippen molar-refractivity contribution >= 4 is 50.7 Å². The summed E-state index contributed by atoms with van der Waals surface area (Å²) in [6.45, 7) is 0. The van der Waals surface area contributed by atoms with E-state index < -0.39 is 11.7 Å². The number of carbonyl (C=O) groups excluding carboxylic acids is 1. The summed E-state index contributed by atoms with van der Waals surface area (Å²) in [5.74, 6) is -0.483. The fourth-order valence-corrected chi connectivity index (χ4v) is 2.99. The number of nitrogens with one attached hydrogen (secondary N) is 1. The van der Waals surface area contributed by atoms with Crippen LogP contribution in [0.3, 0.4) is 0 Å². The molecule has 0 unspecified atom stereocenters. The van der Waals surface area contributed by atoms with Gasteiger partial charge in [0.2, 0.25) is 5.91 Å². The number of aromatic nitrogens is 2. The number of nitrogens with zero attached hydrogens (tertiary/aromatic N) is 2. The number of primary amides is 1. The van der Waals surface area contributed by atoms with E-state index in [4.69, 9.17) is 17.3 Å². The molecular formula is C19H12ClFN4O. The first-order chi connectivity index (χ1) is 12.5. The van der Waals surface area contributed by atoms with Crippen LogP contribution in [-0.2, 0) is 0 Å². The summed E-state index contributed by atoms with van der Waals surface area (Å²) in [6, 6.07) is 11.2. The van der Waals surface area contributed by atoms with Crippen molar-refractivity contribution in [3.05, 3.63) is 71.3 Å². The van der Waals surface area contributed by atoms with Crippen molar-refractivity contribution in [2.75, 3.05) is 5.32 Å². The van der Waals surface area contributed by atoms with E-state index in [0.29, 0.717) is 22.6 Å². The Balaban J connectivity index is 1.93. The van der Waals surface area contributed by atoms with Gasteiger partial charge in [-0.05, 0) is 36.4 Å². The van der Waals surface area contributed by atoms with Crippen molar-refractivity contribution in [1.82, 2.24) is 9.97 Å². The van der Waals surface area contributed by atoms with Gasteiger partial charge in [0.25, 0.3) is 0 Å². The van der Waals surface area contributed by atoms with Crippen molar-refractivity contribution < 1.29 is 9.18 Å². The number of benzene rings is 2. The highest BCUT2D eigenvalue weighted by Gasteiger charge is 2.11. The van der Waals surface area contributed by atoms with Crippen molar-refractivity contribution in [1.29, 1.82) is 0 Å². The lowest BCUT2D eigenvalue weighted by atomic mass is 10.1.